The Labute approximate surface area is 102 Å². The van der Waals surface area contributed by atoms with Crippen molar-refractivity contribution in [1.29, 1.82) is 0 Å². The van der Waals surface area contributed by atoms with Crippen LogP contribution in [0.4, 0.5) is 0 Å². The molecule has 1 saturated heterocycles. The van der Waals surface area contributed by atoms with Gasteiger partial charge in [0.05, 0.1) is 6.61 Å². The first-order valence-corrected chi connectivity index (χ1v) is 6.49. The van der Waals surface area contributed by atoms with E-state index in [2.05, 4.69) is 24.3 Å². The highest BCUT2D eigenvalue weighted by Gasteiger charge is 2.15. The Balaban J connectivity index is 1.72. The van der Waals surface area contributed by atoms with E-state index in [-0.39, 0.29) is 6.29 Å². The summed E-state index contributed by atoms with van der Waals surface area (Å²) in [4.78, 5) is 0. The van der Waals surface area contributed by atoms with Crippen LogP contribution >= 0.6 is 0 Å². The third-order valence-corrected chi connectivity index (χ3v) is 3.40. The van der Waals surface area contributed by atoms with Crippen molar-refractivity contribution in [2.75, 3.05) is 6.61 Å². The van der Waals surface area contributed by atoms with E-state index >= 15 is 0 Å². The second-order valence-electron chi connectivity index (χ2n) is 4.72. The third kappa shape index (κ3) is 2.52. The molecule has 0 radical (unpaired) electrons. The number of allylic oxidation sites excluding steroid dienone is 1. The molecule has 0 amide bonds. The van der Waals surface area contributed by atoms with Gasteiger partial charge in [0.2, 0.25) is 0 Å². The molecule has 0 saturated carbocycles. The first-order chi connectivity index (χ1) is 8.42. The zero-order valence-corrected chi connectivity index (χ0v) is 10.0. The van der Waals surface area contributed by atoms with Gasteiger partial charge in [-0.25, -0.2) is 0 Å². The minimum atomic E-state index is -0.0408. The molecule has 0 spiro atoms. The molecule has 1 heterocycles. The molecule has 1 fully saturated rings. The second-order valence-corrected chi connectivity index (χ2v) is 4.72. The maximum absolute atomic E-state index is 5.88. The Bertz CT molecular complexity index is 417. The van der Waals surface area contributed by atoms with E-state index in [0.29, 0.717) is 0 Å². The van der Waals surface area contributed by atoms with Crippen molar-refractivity contribution in [3.63, 3.8) is 0 Å². The van der Waals surface area contributed by atoms with Crippen LogP contribution in [0.25, 0.3) is 6.08 Å². The minimum absolute atomic E-state index is 0.0408. The van der Waals surface area contributed by atoms with Crippen molar-refractivity contribution >= 4 is 6.08 Å². The van der Waals surface area contributed by atoms with Crippen LogP contribution in [0.3, 0.4) is 0 Å². The number of hydrogen-bond donors (Lipinski definition) is 0. The minimum Gasteiger partial charge on any atom is -0.465 e. The normalized spacial score (nSPS) is 23.2. The summed E-state index contributed by atoms with van der Waals surface area (Å²) in [6.45, 7) is 0.832. The largest absolute Gasteiger partial charge is 0.465 e. The number of ether oxygens (including phenoxy) is 2. The van der Waals surface area contributed by atoms with Gasteiger partial charge >= 0.3 is 0 Å². The Morgan fingerprint density at radius 1 is 1.24 bits per heavy atom. The molecule has 1 aromatic carbocycles. The molecule has 1 aliphatic heterocycles. The Kier molecular flexibility index (Phi) is 3.14. The van der Waals surface area contributed by atoms with Crippen LogP contribution in [-0.4, -0.2) is 12.9 Å². The molecule has 2 aliphatic rings. The number of rotatable bonds is 2. The van der Waals surface area contributed by atoms with Crippen LogP contribution in [-0.2, 0) is 11.2 Å². The molecule has 1 atom stereocenters. The molecule has 0 N–H and O–H groups in total. The van der Waals surface area contributed by atoms with Crippen LogP contribution in [0.15, 0.2) is 24.3 Å². The molecule has 2 heteroatoms. The smallest absolute Gasteiger partial charge is 0.199 e. The zero-order chi connectivity index (χ0) is 11.5. The van der Waals surface area contributed by atoms with Gasteiger partial charge in [-0.15, -0.1) is 0 Å². The predicted octanol–water partition coefficient (Wildman–Crippen LogP) is 3.55. The Morgan fingerprint density at radius 3 is 3.12 bits per heavy atom. The summed E-state index contributed by atoms with van der Waals surface area (Å²) in [7, 11) is 0. The summed E-state index contributed by atoms with van der Waals surface area (Å²) in [6, 6.07) is 6.35. The van der Waals surface area contributed by atoms with Gasteiger partial charge in [-0.3, -0.25) is 0 Å². The molecule has 1 unspecified atom stereocenters. The average Bonchev–Trinajstić information content (AvgIpc) is 2.40. The van der Waals surface area contributed by atoms with Crippen molar-refractivity contribution in [1.82, 2.24) is 0 Å². The van der Waals surface area contributed by atoms with Gasteiger partial charge in [0.1, 0.15) is 5.75 Å². The number of benzene rings is 1. The van der Waals surface area contributed by atoms with E-state index in [9.17, 15) is 0 Å². The zero-order valence-electron chi connectivity index (χ0n) is 10.0. The molecular weight excluding hydrogens is 212 g/mol. The SMILES string of the molecule is C1=Cc2ccc(OC3CCCCO3)cc2CC1. The highest BCUT2D eigenvalue weighted by molar-refractivity contribution is 5.57. The van der Waals surface area contributed by atoms with Crippen molar-refractivity contribution in [2.45, 2.75) is 38.4 Å². The van der Waals surface area contributed by atoms with Crippen molar-refractivity contribution in [3.8, 4) is 5.75 Å². The van der Waals surface area contributed by atoms with Crippen LogP contribution in [0, 0.1) is 0 Å². The van der Waals surface area contributed by atoms with E-state index in [1.54, 1.807) is 0 Å². The second kappa shape index (κ2) is 4.92. The predicted molar refractivity (Wildman–Crippen MR) is 68.0 cm³/mol. The number of fused-ring (bicyclic) bond motifs is 1. The fraction of sp³-hybridized carbons (Fsp3) is 0.467. The van der Waals surface area contributed by atoms with Gasteiger partial charge in [0, 0.05) is 6.42 Å². The van der Waals surface area contributed by atoms with Gasteiger partial charge in [0.15, 0.2) is 6.29 Å². The summed E-state index contributed by atoms with van der Waals surface area (Å²) in [5, 5.41) is 0. The fourth-order valence-corrected chi connectivity index (χ4v) is 2.44. The van der Waals surface area contributed by atoms with Crippen LogP contribution in [0.5, 0.6) is 5.75 Å². The fourth-order valence-electron chi connectivity index (χ4n) is 2.44. The molecule has 90 valence electrons. The van der Waals surface area contributed by atoms with E-state index < -0.39 is 0 Å². The van der Waals surface area contributed by atoms with Crippen LogP contribution < -0.4 is 4.74 Å². The van der Waals surface area contributed by atoms with Crippen molar-refractivity contribution < 1.29 is 9.47 Å². The molecule has 1 aliphatic carbocycles. The molecular formula is C15H18O2. The van der Waals surface area contributed by atoms with Crippen molar-refractivity contribution in [3.05, 3.63) is 35.4 Å². The standard InChI is InChI=1S/C15H18O2/c1-2-6-13-11-14(9-8-12(13)5-1)17-15-7-3-4-10-16-15/h1,5,8-9,11,15H,2-4,6-7,10H2. The summed E-state index contributed by atoms with van der Waals surface area (Å²) in [5.74, 6) is 0.950. The monoisotopic (exact) mass is 230 g/mol. The quantitative estimate of drug-likeness (QED) is 0.773. The highest BCUT2D eigenvalue weighted by atomic mass is 16.7. The van der Waals surface area contributed by atoms with Crippen molar-refractivity contribution in [2.24, 2.45) is 0 Å². The van der Waals surface area contributed by atoms with Gasteiger partial charge in [-0.2, -0.15) is 0 Å². The molecule has 0 aromatic heterocycles. The first-order valence-electron chi connectivity index (χ1n) is 6.49. The summed E-state index contributed by atoms with van der Waals surface area (Å²) in [6.07, 6.45) is 10.0. The summed E-state index contributed by atoms with van der Waals surface area (Å²) < 4.78 is 11.5. The lowest BCUT2D eigenvalue weighted by molar-refractivity contribution is -0.105. The summed E-state index contributed by atoms with van der Waals surface area (Å²) >= 11 is 0. The molecule has 17 heavy (non-hydrogen) atoms. The maximum atomic E-state index is 5.88. The molecule has 0 bridgehead atoms. The van der Waals surface area contributed by atoms with E-state index in [4.69, 9.17) is 9.47 Å². The Morgan fingerprint density at radius 2 is 2.24 bits per heavy atom. The lowest BCUT2D eigenvalue weighted by atomic mass is 9.97. The lowest BCUT2D eigenvalue weighted by Gasteiger charge is -2.24. The number of hydrogen-bond acceptors (Lipinski definition) is 2. The van der Waals surface area contributed by atoms with E-state index in [1.165, 1.54) is 17.5 Å². The third-order valence-electron chi connectivity index (χ3n) is 3.40. The van der Waals surface area contributed by atoms with Gasteiger partial charge in [0.25, 0.3) is 0 Å². The maximum Gasteiger partial charge on any atom is 0.199 e. The molecule has 2 nitrogen and oxygen atoms in total. The van der Waals surface area contributed by atoms with Crippen LogP contribution in [0.2, 0.25) is 0 Å². The average molecular weight is 230 g/mol. The van der Waals surface area contributed by atoms with E-state index in [0.717, 1.165) is 38.0 Å². The first kappa shape index (κ1) is 10.8. The van der Waals surface area contributed by atoms with Gasteiger partial charge in [-0.1, -0.05) is 18.2 Å². The molecule has 3 rings (SSSR count). The topological polar surface area (TPSA) is 18.5 Å². The van der Waals surface area contributed by atoms with Gasteiger partial charge in [-0.05, 0) is 48.9 Å². The lowest BCUT2D eigenvalue weighted by Crippen LogP contribution is -2.25. The molecule has 1 aromatic rings. The highest BCUT2D eigenvalue weighted by Crippen LogP contribution is 2.26. The van der Waals surface area contributed by atoms with Crippen LogP contribution in [0.1, 0.15) is 36.8 Å². The van der Waals surface area contributed by atoms with Gasteiger partial charge < -0.3 is 9.47 Å². The number of aryl methyl sites for hydroxylation is 1. The Hall–Kier alpha value is -1.28. The summed E-state index contributed by atoms with van der Waals surface area (Å²) in [5.41, 5.74) is 2.72. The van der Waals surface area contributed by atoms with E-state index in [1.807, 2.05) is 6.07 Å².